The summed E-state index contributed by atoms with van der Waals surface area (Å²) in [6.07, 6.45) is 3.69. The van der Waals surface area contributed by atoms with E-state index in [1.807, 2.05) is 17.9 Å². The summed E-state index contributed by atoms with van der Waals surface area (Å²) in [4.78, 5) is 21.7. The monoisotopic (exact) mass is 231 g/mol. The van der Waals surface area contributed by atoms with Gasteiger partial charge in [-0.05, 0) is 6.42 Å². The highest BCUT2D eigenvalue weighted by atomic mass is 16.2. The molecule has 1 amide bonds. The maximum Gasteiger partial charge on any atom is 0.242 e. The number of anilines is 1. The van der Waals surface area contributed by atoms with Crippen molar-refractivity contribution in [3.8, 4) is 6.07 Å². The molecule has 1 aliphatic rings. The zero-order valence-corrected chi connectivity index (χ0v) is 9.55. The predicted molar refractivity (Wildman–Crippen MR) is 61.2 cm³/mol. The average molecular weight is 231 g/mol. The van der Waals surface area contributed by atoms with E-state index in [0.29, 0.717) is 25.3 Å². The molecule has 0 bridgehead atoms. The molecule has 1 aromatic heterocycles. The first kappa shape index (κ1) is 11.3. The van der Waals surface area contributed by atoms with E-state index in [1.54, 1.807) is 0 Å². The minimum absolute atomic E-state index is 0.0201. The summed E-state index contributed by atoms with van der Waals surface area (Å²) < 4.78 is 0. The smallest absolute Gasteiger partial charge is 0.242 e. The Hall–Kier alpha value is -2.16. The fourth-order valence-electron chi connectivity index (χ4n) is 1.99. The average Bonchev–Trinajstić information content (AvgIpc) is 2.38. The molecule has 1 saturated heterocycles. The van der Waals surface area contributed by atoms with Crippen LogP contribution in [0.3, 0.4) is 0 Å². The predicted octanol–water partition coefficient (Wildman–Crippen LogP) is 0.0631. The van der Waals surface area contributed by atoms with E-state index in [4.69, 9.17) is 5.26 Å². The van der Waals surface area contributed by atoms with Gasteiger partial charge < -0.3 is 10.2 Å². The molecule has 6 nitrogen and oxygen atoms in total. The van der Waals surface area contributed by atoms with Crippen molar-refractivity contribution >= 4 is 11.7 Å². The van der Waals surface area contributed by atoms with Crippen LogP contribution in [-0.4, -0.2) is 35.0 Å². The Labute approximate surface area is 99.3 Å². The Morgan fingerprint density at radius 3 is 3.06 bits per heavy atom. The van der Waals surface area contributed by atoms with Crippen LogP contribution in [0.4, 0.5) is 5.82 Å². The molecule has 2 rings (SSSR count). The van der Waals surface area contributed by atoms with E-state index in [-0.39, 0.29) is 17.6 Å². The highest BCUT2D eigenvalue weighted by Crippen LogP contribution is 2.20. The molecule has 1 fully saturated rings. The molecule has 0 radical (unpaired) electrons. The summed E-state index contributed by atoms with van der Waals surface area (Å²) in [6, 6.07) is 1.73. The Morgan fingerprint density at radius 1 is 1.59 bits per heavy atom. The van der Waals surface area contributed by atoms with Crippen LogP contribution in [0.1, 0.15) is 19.0 Å². The van der Waals surface area contributed by atoms with E-state index in [1.165, 1.54) is 12.4 Å². The van der Waals surface area contributed by atoms with Gasteiger partial charge >= 0.3 is 0 Å². The lowest BCUT2D eigenvalue weighted by Gasteiger charge is -2.35. The first-order chi connectivity index (χ1) is 8.27. The molecule has 2 heterocycles. The third-order valence-electron chi connectivity index (χ3n) is 2.77. The van der Waals surface area contributed by atoms with Crippen molar-refractivity contribution in [2.75, 3.05) is 18.0 Å². The number of nitriles is 1. The number of rotatable bonds is 2. The van der Waals surface area contributed by atoms with E-state index in [0.717, 1.165) is 0 Å². The summed E-state index contributed by atoms with van der Waals surface area (Å²) in [5.74, 6) is 0.477. The van der Waals surface area contributed by atoms with Crippen molar-refractivity contribution in [1.82, 2.24) is 15.3 Å². The third-order valence-corrected chi connectivity index (χ3v) is 2.77. The molecule has 1 aliphatic heterocycles. The summed E-state index contributed by atoms with van der Waals surface area (Å²) in [5, 5.41) is 11.8. The molecule has 1 atom stereocenters. The van der Waals surface area contributed by atoms with Gasteiger partial charge in [-0.1, -0.05) is 6.92 Å². The molecule has 0 spiro atoms. The van der Waals surface area contributed by atoms with Crippen molar-refractivity contribution in [3.63, 3.8) is 0 Å². The minimum atomic E-state index is -0.271. The Kier molecular flexibility index (Phi) is 3.19. The lowest BCUT2D eigenvalue weighted by Crippen LogP contribution is -2.55. The second kappa shape index (κ2) is 4.78. The number of piperazine rings is 1. The summed E-state index contributed by atoms with van der Waals surface area (Å²) >= 11 is 0. The number of aromatic nitrogens is 2. The van der Waals surface area contributed by atoms with Crippen LogP contribution in [0.2, 0.25) is 0 Å². The molecule has 17 heavy (non-hydrogen) atoms. The summed E-state index contributed by atoms with van der Waals surface area (Å²) in [5.41, 5.74) is 0.264. The Morgan fingerprint density at radius 2 is 2.35 bits per heavy atom. The largest absolute Gasteiger partial charge is 0.353 e. The van der Waals surface area contributed by atoms with Crippen LogP contribution in [0.5, 0.6) is 0 Å². The first-order valence-electron chi connectivity index (χ1n) is 5.53. The van der Waals surface area contributed by atoms with Crippen LogP contribution in [-0.2, 0) is 4.79 Å². The van der Waals surface area contributed by atoms with E-state index >= 15 is 0 Å². The lowest BCUT2D eigenvalue weighted by molar-refractivity contribution is -0.123. The van der Waals surface area contributed by atoms with Gasteiger partial charge in [0, 0.05) is 25.5 Å². The van der Waals surface area contributed by atoms with Crippen molar-refractivity contribution < 1.29 is 4.79 Å². The van der Waals surface area contributed by atoms with Crippen LogP contribution < -0.4 is 10.2 Å². The molecule has 6 heteroatoms. The molecule has 88 valence electrons. The van der Waals surface area contributed by atoms with E-state index in [2.05, 4.69) is 15.3 Å². The molecule has 1 aromatic rings. The zero-order chi connectivity index (χ0) is 12.3. The van der Waals surface area contributed by atoms with Crippen molar-refractivity contribution in [2.45, 2.75) is 19.4 Å². The number of nitrogens with zero attached hydrogens (tertiary/aromatic N) is 4. The lowest BCUT2D eigenvalue weighted by atomic mass is 10.1. The summed E-state index contributed by atoms with van der Waals surface area (Å²) in [7, 11) is 0. The highest BCUT2D eigenvalue weighted by molar-refractivity contribution is 5.86. The number of carbonyl (C=O) groups is 1. The van der Waals surface area contributed by atoms with Gasteiger partial charge in [-0.2, -0.15) is 5.26 Å². The Balaban J connectivity index is 2.37. The topological polar surface area (TPSA) is 81.9 Å². The second-order valence-corrected chi connectivity index (χ2v) is 3.75. The molecule has 0 saturated carbocycles. The zero-order valence-electron chi connectivity index (χ0n) is 9.55. The van der Waals surface area contributed by atoms with Crippen molar-refractivity contribution in [1.29, 1.82) is 5.26 Å². The van der Waals surface area contributed by atoms with Gasteiger partial charge in [-0.25, -0.2) is 9.97 Å². The van der Waals surface area contributed by atoms with Crippen molar-refractivity contribution in [2.24, 2.45) is 0 Å². The van der Waals surface area contributed by atoms with Gasteiger partial charge in [-0.15, -0.1) is 0 Å². The highest BCUT2D eigenvalue weighted by Gasteiger charge is 2.30. The number of hydrogen-bond acceptors (Lipinski definition) is 5. The molecular weight excluding hydrogens is 218 g/mol. The van der Waals surface area contributed by atoms with E-state index < -0.39 is 0 Å². The van der Waals surface area contributed by atoms with Gasteiger partial charge in [0.2, 0.25) is 5.91 Å². The molecule has 0 aliphatic carbocycles. The fraction of sp³-hybridized carbons (Fsp3) is 0.455. The van der Waals surface area contributed by atoms with Crippen molar-refractivity contribution in [3.05, 3.63) is 18.1 Å². The maximum atomic E-state index is 11.7. The third kappa shape index (κ3) is 2.04. The van der Waals surface area contributed by atoms with Crippen LogP contribution in [0, 0.1) is 11.3 Å². The van der Waals surface area contributed by atoms with E-state index in [9.17, 15) is 4.79 Å². The number of carbonyl (C=O) groups excluding carboxylic acids is 1. The maximum absolute atomic E-state index is 11.7. The molecule has 0 aromatic carbocycles. The standard InChI is InChI=1S/C11H13N5O/c1-2-9-11(17)15-5-6-16(9)10-8(7-12)13-3-4-14-10/h3-4,9H,2,5-6H2,1H3,(H,15,17). The van der Waals surface area contributed by atoms with Gasteiger partial charge in [0.25, 0.3) is 0 Å². The summed E-state index contributed by atoms with van der Waals surface area (Å²) in [6.45, 7) is 3.15. The fourth-order valence-corrected chi connectivity index (χ4v) is 1.99. The van der Waals surface area contributed by atoms with Crippen LogP contribution in [0.15, 0.2) is 12.4 Å². The first-order valence-corrected chi connectivity index (χ1v) is 5.53. The normalized spacial score (nSPS) is 19.6. The molecule has 1 unspecified atom stereocenters. The minimum Gasteiger partial charge on any atom is -0.353 e. The Bertz CT molecular complexity index is 467. The number of amides is 1. The second-order valence-electron chi connectivity index (χ2n) is 3.75. The number of nitrogens with one attached hydrogen (secondary N) is 1. The van der Waals surface area contributed by atoms with Gasteiger partial charge in [0.15, 0.2) is 11.5 Å². The van der Waals surface area contributed by atoms with Gasteiger partial charge in [0.05, 0.1) is 0 Å². The molecule has 1 N–H and O–H groups in total. The quantitative estimate of drug-likeness (QED) is 0.778. The number of hydrogen-bond donors (Lipinski definition) is 1. The van der Waals surface area contributed by atoms with Gasteiger partial charge in [0.1, 0.15) is 12.1 Å². The van der Waals surface area contributed by atoms with Gasteiger partial charge in [-0.3, -0.25) is 4.79 Å². The SMILES string of the molecule is CCC1C(=O)NCCN1c1nccnc1C#N. The molecular formula is C11H13N5O. The van der Waals surface area contributed by atoms with Crippen LogP contribution >= 0.6 is 0 Å². The van der Waals surface area contributed by atoms with Crippen LogP contribution in [0.25, 0.3) is 0 Å².